The number of nitrogens with one attached hydrogen (secondary N) is 1. The summed E-state index contributed by atoms with van der Waals surface area (Å²) >= 11 is 3.16. The molecule has 6 nitrogen and oxygen atoms in total. The summed E-state index contributed by atoms with van der Waals surface area (Å²) in [7, 11) is -3.50. The molecular formula is C19H20BrFN2O4S. The van der Waals surface area contributed by atoms with Crippen molar-refractivity contribution in [1.29, 1.82) is 0 Å². The van der Waals surface area contributed by atoms with Gasteiger partial charge in [0.05, 0.1) is 4.90 Å². The van der Waals surface area contributed by atoms with Crippen molar-refractivity contribution in [2.24, 2.45) is 0 Å². The Labute approximate surface area is 171 Å². The van der Waals surface area contributed by atoms with E-state index in [-0.39, 0.29) is 10.6 Å². The molecule has 1 fully saturated rings. The van der Waals surface area contributed by atoms with Gasteiger partial charge in [0, 0.05) is 23.2 Å². The van der Waals surface area contributed by atoms with Crippen molar-refractivity contribution in [3.63, 3.8) is 0 Å². The second kappa shape index (κ2) is 8.59. The van der Waals surface area contributed by atoms with Crippen LogP contribution < -0.4 is 10.1 Å². The van der Waals surface area contributed by atoms with Crippen LogP contribution in [-0.2, 0) is 14.8 Å². The number of anilines is 1. The maximum Gasteiger partial charge on any atom is 0.265 e. The van der Waals surface area contributed by atoms with Crippen LogP contribution in [-0.4, -0.2) is 37.8 Å². The van der Waals surface area contributed by atoms with Crippen LogP contribution in [0.15, 0.2) is 51.8 Å². The molecule has 0 radical (unpaired) electrons. The third-order valence-corrected chi connectivity index (χ3v) is 6.80. The number of ether oxygens (including phenoxy) is 1. The van der Waals surface area contributed by atoms with E-state index in [9.17, 15) is 17.6 Å². The first-order valence-electron chi connectivity index (χ1n) is 8.80. The lowest BCUT2D eigenvalue weighted by Crippen LogP contribution is -2.30. The van der Waals surface area contributed by atoms with Gasteiger partial charge in [0.15, 0.2) is 17.7 Å². The van der Waals surface area contributed by atoms with Crippen molar-refractivity contribution in [3.8, 4) is 5.75 Å². The molecule has 3 rings (SSSR count). The van der Waals surface area contributed by atoms with Crippen LogP contribution in [0.4, 0.5) is 10.1 Å². The first kappa shape index (κ1) is 20.8. The summed E-state index contributed by atoms with van der Waals surface area (Å²) in [5.74, 6) is -1.08. The number of nitrogens with zero attached hydrogens (tertiary/aromatic N) is 1. The number of hydrogen-bond donors (Lipinski definition) is 1. The molecule has 0 saturated carbocycles. The van der Waals surface area contributed by atoms with Crippen molar-refractivity contribution < 1.29 is 22.3 Å². The second-order valence-corrected chi connectivity index (χ2v) is 9.31. The molecule has 0 bridgehead atoms. The van der Waals surface area contributed by atoms with E-state index in [1.54, 1.807) is 6.07 Å². The van der Waals surface area contributed by atoms with Gasteiger partial charge in [-0.1, -0.05) is 15.9 Å². The highest BCUT2D eigenvalue weighted by molar-refractivity contribution is 9.10. The third-order valence-electron chi connectivity index (χ3n) is 4.39. The Balaban J connectivity index is 1.63. The molecule has 0 spiro atoms. The van der Waals surface area contributed by atoms with Gasteiger partial charge in [-0.2, -0.15) is 4.31 Å². The van der Waals surface area contributed by atoms with E-state index in [2.05, 4.69) is 21.2 Å². The van der Waals surface area contributed by atoms with Crippen LogP contribution >= 0.6 is 15.9 Å². The monoisotopic (exact) mass is 470 g/mol. The summed E-state index contributed by atoms with van der Waals surface area (Å²) < 4.78 is 46.3. The molecule has 28 heavy (non-hydrogen) atoms. The van der Waals surface area contributed by atoms with Gasteiger partial charge in [-0.3, -0.25) is 4.79 Å². The van der Waals surface area contributed by atoms with E-state index in [1.165, 1.54) is 47.6 Å². The predicted octanol–water partition coefficient (Wildman–Crippen LogP) is 3.78. The lowest BCUT2D eigenvalue weighted by atomic mass is 10.3. The molecule has 9 heteroatoms. The number of benzene rings is 2. The van der Waals surface area contributed by atoms with E-state index >= 15 is 0 Å². The van der Waals surface area contributed by atoms with Gasteiger partial charge in [0.25, 0.3) is 5.91 Å². The molecule has 1 aliphatic heterocycles. The molecule has 1 N–H and O–H groups in total. The smallest absolute Gasteiger partial charge is 0.265 e. The number of halogens is 2. The highest BCUT2D eigenvalue weighted by Crippen LogP contribution is 2.24. The minimum Gasteiger partial charge on any atom is -0.478 e. The molecule has 1 amide bonds. The van der Waals surface area contributed by atoms with E-state index in [0.717, 1.165) is 12.8 Å². The molecule has 150 valence electrons. The van der Waals surface area contributed by atoms with Crippen LogP contribution in [0.3, 0.4) is 0 Å². The second-order valence-electron chi connectivity index (χ2n) is 6.46. The lowest BCUT2D eigenvalue weighted by Gasteiger charge is -2.17. The van der Waals surface area contributed by atoms with Crippen molar-refractivity contribution in [2.45, 2.75) is 30.8 Å². The van der Waals surface area contributed by atoms with E-state index in [4.69, 9.17) is 4.74 Å². The normalized spacial score (nSPS) is 16.0. The standard InChI is InChI=1S/C19H20BrFN2O4S/c1-13(27-18-9-4-14(20)12-17(18)21)19(24)22-15-5-7-16(8-6-15)28(25,26)23-10-2-3-11-23/h4-9,12-13H,2-3,10-11H2,1H3,(H,22,24). The Bertz CT molecular complexity index is 960. The summed E-state index contributed by atoms with van der Waals surface area (Å²) in [6.07, 6.45) is 0.790. The van der Waals surface area contributed by atoms with Crippen molar-refractivity contribution in [3.05, 3.63) is 52.8 Å². The topological polar surface area (TPSA) is 75.7 Å². The molecular weight excluding hydrogens is 451 g/mol. The summed E-state index contributed by atoms with van der Waals surface area (Å²) in [5.41, 5.74) is 0.428. The van der Waals surface area contributed by atoms with Crippen molar-refractivity contribution in [2.75, 3.05) is 18.4 Å². The molecule has 1 atom stereocenters. The summed E-state index contributed by atoms with van der Waals surface area (Å²) in [4.78, 5) is 12.5. The van der Waals surface area contributed by atoms with Crippen LogP contribution in [0.2, 0.25) is 0 Å². The molecule has 2 aromatic carbocycles. The zero-order valence-corrected chi connectivity index (χ0v) is 17.6. The minimum absolute atomic E-state index is 0.0297. The Morgan fingerprint density at radius 1 is 1.18 bits per heavy atom. The lowest BCUT2D eigenvalue weighted by molar-refractivity contribution is -0.122. The largest absolute Gasteiger partial charge is 0.478 e. The molecule has 1 aliphatic rings. The maximum atomic E-state index is 13.8. The fourth-order valence-electron chi connectivity index (χ4n) is 2.85. The third kappa shape index (κ3) is 4.71. The summed E-state index contributed by atoms with van der Waals surface area (Å²) in [5, 5.41) is 2.64. The predicted molar refractivity (Wildman–Crippen MR) is 107 cm³/mol. The first-order valence-corrected chi connectivity index (χ1v) is 11.0. The van der Waals surface area contributed by atoms with Gasteiger partial charge < -0.3 is 10.1 Å². The van der Waals surface area contributed by atoms with Gasteiger partial charge in [0.2, 0.25) is 10.0 Å². The highest BCUT2D eigenvalue weighted by Gasteiger charge is 2.27. The first-order chi connectivity index (χ1) is 13.3. The fraction of sp³-hybridized carbons (Fsp3) is 0.316. The number of sulfonamides is 1. The van der Waals surface area contributed by atoms with Crippen LogP contribution in [0.25, 0.3) is 0 Å². The van der Waals surface area contributed by atoms with E-state index in [0.29, 0.717) is 23.2 Å². The van der Waals surface area contributed by atoms with Crippen LogP contribution in [0.5, 0.6) is 5.75 Å². The minimum atomic E-state index is -3.50. The van der Waals surface area contributed by atoms with E-state index in [1.807, 2.05) is 0 Å². The quantitative estimate of drug-likeness (QED) is 0.696. The number of hydrogen-bond acceptors (Lipinski definition) is 4. The number of amides is 1. The van der Waals surface area contributed by atoms with Gasteiger partial charge in [-0.25, -0.2) is 12.8 Å². The number of carbonyl (C=O) groups is 1. The van der Waals surface area contributed by atoms with Crippen LogP contribution in [0, 0.1) is 5.82 Å². The molecule has 0 aliphatic carbocycles. The highest BCUT2D eigenvalue weighted by atomic mass is 79.9. The zero-order chi connectivity index (χ0) is 20.3. The summed E-state index contributed by atoms with van der Waals surface area (Å²) in [6.45, 7) is 2.56. The zero-order valence-electron chi connectivity index (χ0n) is 15.2. The average Bonchev–Trinajstić information content (AvgIpc) is 3.20. The SMILES string of the molecule is CC(Oc1ccc(Br)cc1F)C(=O)Nc1ccc(S(=O)(=O)N2CCCC2)cc1. The Kier molecular flexibility index (Phi) is 6.36. The van der Waals surface area contributed by atoms with Crippen molar-refractivity contribution in [1.82, 2.24) is 4.31 Å². The van der Waals surface area contributed by atoms with Gasteiger partial charge in [-0.15, -0.1) is 0 Å². The van der Waals surface area contributed by atoms with E-state index < -0.39 is 27.9 Å². The van der Waals surface area contributed by atoms with Crippen molar-refractivity contribution >= 4 is 37.5 Å². The molecule has 1 unspecified atom stereocenters. The molecule has 1 saturated heterocycles. The molecule has 0 aromatic heterocycles. The van der Waals surface area contributed by atoms with Gasteiger partial charge >= 0.3 is 0 Å². The Morgan fingerprint density at radius 3 is 2.43 bits per heavy atom. The van der Waals surface area contributed by atoms with Gasteiger partial charge in [0.1, 0.15) is 0 Å². The Morgan fingerprint density at radius 2 is 1.82 bits per heavy atom. The van der Waals surface area contributed by atoms with Gasteiger partial charge in [-0.05, 0) is 62.2 Å². The molecule has 2 aromatic rings. The average molecular weight is 471 g/mol. The number of rotatable bonds is 6. The Hall–Kier alpha value is -1.97. The number of carbonyl (C=O) groups excluding carboxylic acids is 1. The molecule has 1 heterocycles. The maximum absolute atomic E-state index is 13.8. The summed E-state index contributed by atoms with van der Waals surface area (Å²) in [6, 6.07) is 10.3. The fourth-order valence-corrected chi connectivity index (χ4v) is 4.70. The van der Waals surface area contributed by atoms with Crippen LogP contribution in [0.1, 0.15) is 19.8 Å².